The highest BCUT2D eigenvalue weighted by Crippen LogP contribution is 2.25. The summed E-state index contributed by atoms with van der Waals surface area (Å²) >= 11 is 1.79. The number of rotatable bonds is 9. The van der Waals surface area contributed by atoms with E-state index in [0.29, 0.717) is 5.92 Å². The molecule has 0 saturated carbocycles. The van der Waals surface area contributed by atoms with Gasteiger partial charge in [-0.05, 0) is 55.0 Å². The molecule has 0 aliphatic heterocycles. The average Bonchev–Trinajstić information content (AvgIpc) is 3.32. The van der Waals surface area contributed by atoms with Crippen molar-refractivity contribution in [2.75, 3.05) is 12.0 Å². The quantitative estimate of drug-likeness (QED) is 0.574. The normalized spacial score (nSPS) is 13.8. The number of hydrogen-bond acceptors (Lipinski definition) is 3. The number of aryl methyl sites for hydroxylation is 1. The maximum absolute atomic E-state index is 13.3. The largest absolute Gasteiger partial charge is 0.344 e. The lowest BCUT2D eigenvalue weighted by Gasteiger charge is -2.24. The molecule has 0 bridgehead atoms. The fourth-order valence-electron chi connectivity index (χ4n) is 3.61. The van der Waals surface area contributed by atoms with E-state index in [1.54, 1.807) is 11.8 Å². The van der Waals surface area contributed by atoms with Crippen LogP contribution in [0.25, 0.3) is 11.0 Å². The van der Waals surface area contributed by atoms with Crippen molar-refractivity contribution >= 4 is 28.7 Å². The highest BCUT2D eigenvalue weighted by Gasteiger charge is 2.26. The van der Waals surface area contributed by atoms with Gasteiger partial charge in [0.25, 0.3) is 0 Å². The number of aromatic nitrogens is 3. The van der Waals surface area contributed by atoms with Gasteiger partial charge in [0.05, 0.1) is 17.1 Å². The SMILES string of the molecule is CSCC[C@H](NC(=O)[C@H](CC(C)C)n1cccc1)c1nc2ccccc2n1C. The van der Waals surface area contributed by atoms with Gasteiger partial charge in [0.2, 0.25) is 5.91 Å². The fraction of sp³-hybridized carbons (Fsp3) is 0.455. The number of benzene rings is 1. The average molecular weight is 399 g/mol. The first-order chi connectivity index (χ1) is 13.5. The van der Waals surface area contributed by atoms with Gasteiger partial charge in [-0.1, -0.05) is 26.0 Å². The Kier molecular flexibility index (Phi) is 6.83. The number of carbonyl (C=O) groups excluding carboxylic acids is 1. The van der Waals surface area contributed by atoms with Gasteiger partial charge in [-0.15, -0.1) is 0 Å². The van der Waals surface area contributed by atoms with Gasteiger partial charge in [-0.3, -0.25) is 4.79 Å². The van der Waals surface area contributed by atoms with Crippen LogP contribution in [0.4, 0.5) is 0 Å². The van der Waals surface area contributed by atoms with Crippen molar-refractivity contribution in [3.05, 3.63) is 54.6 Å². The number of thioether (sulfide) groups is 1. The van der Waals surface area contributed by atoms with E-state index in [1.807, 2.05) is 54.3 Å². The lowest BCUT2D eigenvalue weighted by molar-refractivity contribution is -0.125. The van der Waals surface area contributed by atoms with Crippen LogP contribution in [0.2, 0.25) is 0 Å². The summed E-state index contributed by atoms with van der Waals surface area (Å²) in [5, 5.41) is 3.31. The Labute approximate surface area is 171 Å². The third-order valence-corrected chi connectivity index (χ3v) is 5.69. The van der Waals surface area contributed by atoms with E-state index in [1.165, 1.54) is 0 Å². The topological polar surface area (TPSA) is 51.9 Å². The van der Waals surface area contributed by atoms with Crippen LogP contribution in [-0.2, 0) is 11.8 Å². The number of fused-ring (bicyclic) bond motifs is 1. The Hall–Kier alpha value is -2.21. The van der Waals surface area contributed by atoms with Crippen LogP contribution >= 0.6 is 11.8 Å². The zero-order valence-corrected chi connectivity index (χ0v) is 17.9. The molecule has 2 atom stereocenters. The molecule has 1 N–H and O–H groups in total. The molecule has 3 aromatic rings. The summed E-state index contributed by atoms with van der Waals surface area (Å²) in [5.74, 6) is 2.37. The summed E-state index contributed by atoms with van der Waals surface area (Å²) < 4.78 is 4.11. The van der Waals surface area contributed by atoms with E-state index in [4.69, 9.17) is 4.98 Å². The minimum absolute atomic E-state index is 0.0584. The molecule has 0 aliphatic carbocycles. The molecule has 1 aromatic carbocycles. The van der Waals surface area contributed by atoms with E-state index in [2.05, 4.69) is 36.1 Å². The van der Waals surface area contributed by atoms with Crippen LogP contribution in [0, 0.1) is 5.92 Å². The molecular formula is C22H30N4OS. The summed E-state index contributed by atoms with van der Waals surface area (Å²) in [5.41, 5.74) is 2.05. The van der Waals surface area contributed by atoms with Gasteiger partial charge in [0.15, 0.2) is 0 Å². The molecule has 6 heteroatoms. The highest BCUT2D eigenvalue weighted by atomic mass is 32.2. The van der Waals surface area contributed by atoms with Gasteiger partial charge in [0.1, 0.15) is 11.9 Å². The standard InChI is InChI=1S/C22H30N4OS/c1-16(2)15-20(26-12-7-8-13-26)22(27)24-18(11-14-28-4)21-23-17-9-5-6-10-19(17)25(21)3/h5-10,12-13,16,18,20H,11,14-15H2,1-4H3,(H,24,27)/t18-,20-/m0/s1. The Morgan fingerprint density at radius 3 is 2.54 bits per heavy atom. The summed E-state index contributed by atoms with van der Waals surface area (Å²) in [6.07, 6.45) is 7.69. The summed E-state index contributed by atoms with van der Waals surface area (Å²) in [7, 11) is 2.03. The third-order valence-electron chi connectivity index (χ3n) is 5.05. The Morgan fingerprint density at radius 1 is 1.18 bits per heavy atom. The first kappa shape index (κ1) is 20.5. The van der Waals surface area contributed by atoms with Crippen molar-refractivity contribution in [3.63, 3.8) is 0 Å². The first-order valence-corrected chi connectivity index (χ1v) is 11.2. The monoisotopic (exact) mass is 398 g/mol. The molecule has 0 spiro atoms. The van der Waals surface area contributed by atoms with Gasteiger partial charge in [-0.25, -0.2) is 4.98 Å². The number of amides is 1. The van der Waals surface area contributed by atoms with Crippen molar-refractivity contribution in [1.29, 1.82) is 0 Å². The minimum atomic E-state index is -0.207. The summed E-state index contributed by atoms with van der Waals surface area (Å²) in [6.45, 7) is 4.31. The van der Waals surface area contributed by atoms with E-state index in [0.717, 1.165) is 35.5 Å². The molecule has 0 unspecified atom stereocenters. The van der Waals surface area contributed by atoms with Crippen molar-refractivity contribution in [2.24, 2.45) is 13.0 Å². The van der Waals surface area contributed by atoms with Crippen LogP contribution in [0.1, 0.15) is 44.6 Å². The number of hydrogen-bond donors (Lipinski definition) is 1. The van der Waals surface area contributed by atoms with Crippen molar-refractivity contribution in [2.45, 2.75) is 38.8 Å². The number of imidazole rings is 1. The highest BCUT2D eigenvalue weighted by molar-refractivity contribution is 7.98. The maximum Gasteiger partial charge on any atom is 0.243 e. The molecule has 0 aliphatic rings. The minimum Gasteiger partial charge on any atom is -0.344 e. The molecule has 0 fully saturated rings. The molecule has 0 saturated heterocycles. The van der Waals surface area contributed by atoms with Crippen LogP contribution in [0.5, 0.6) is 0 Å². The van der Waals surface area contributed by atoms with Crippen molar-refractivity contribution in [1.82, 2.24) is 19.4 Å². The molecule has 3 rings (SSSR count). The Bertz CT molecular complexity index is 901. The van der Waals surface area contributed by atoms with Crippen LogP contribution in [0.15, 0.2) is 48.8 Å². The lowest BCUT2D eigenvalue weighted by atomic mass is 10.0. The van der Waals surface area contributed by atoms with Crippen LogP contribution < -0.4 is 5.32 Å². The molecular weight excluding hydrogens is 368 g/mol. The second kappa shape index (κ2) is 9.32. The smallest absolute Gasteiger partial charge is 0.243 e. The van der Waals surface area contributed by atoms with Crippen LogP contribution in [0.3, 0.4) is 0 Å². The summed E-state index contributed by atoms with van der Waals surface area (Å²) in [6, 6.07) is 11.7. The van der Waals surface area contributed by atoms with Gasteiger partial charge < -0.3 is 14.5 Å². The Morgan fingerprint density at radius 2 is 1.89 bits per heavy atom. The predicted octanol–water partition coefficient (Wildman–Crippen LogP) is 4.57. The third kappa shape index (κ3) is 4.61. The fourth-order valence-corrected chi connectivity index (χ4v) is 4.08. The molecule has 5 nitrogen and oxygen atoms in total. The van der Waals surface area contributed by atoms with E-state index < -0.39 is 0 Å². The van der Waals surface area contributed by atoms with E-state index >= 15 is 0 Å². The van der Waals surface area contributed by atoms with Gasteiger partial charge in [-0.2, -0.15) is 11.8 Å². The zero-order chi connectivity index (χ0) is 20.1. The van der Waals surface area contributed by atoms with Gasteiger partial charge in [0, 0.05) is 19.4 Å². The number of nitrogens with zero attached hydrogens (tertiary/aromatic N) is 3. The van der Waals surface area contributed by atoms with Crippen LogP contribution in [-0.4, -0.2) is 32.0 Å². The molecule has 150 valence electrons. The molecule has 0 radical (unpaired) electrons. The molecule has 28 heavy (non-hydrogen) atoms. The Balaban J connectivity index is 1.88. The molecule has 2 aromatic heterocycles. The number of nitrogens with one attached hydrogen (secondary N) is 1. The number of para-hydroxylation sites is 2. The second-order valence-electron chi connectivity index (χ2n) is 7.64. The maximum atomic E-state index is 13.3. The van der Waals surface area contributed by atoms with Gasteiger partial charge >= 0.3 is 0 Å². The first-order valence-electron chi connectivity index (χ1n) is 9.84. The predicted molar refractivity (Wildman–Crippen MR) is 118 cm³/mol. The van der Waals surface area contributed by atoms with Crippen molar-refractivity contribution < 1.29 is 4.79 Å². The van der Waals surface area contributed by atoms with E-state index in [-0.39, 0.29) is 18.0 Å². The molecule has 1 amide bonds. The summed E-state index contributed by atoms with van der Waals surface area (Å²) in [4.78, 5) is 18.1. The molecule has 2 heterocycles. The van der Waals surface area contributed by atoms with Crippen molar-refractivity contribution in [3.8, 4) is 0 Å². The second-order valence-corrected chi connectivity index (χ2v) is 8.62. The van der Waals surface area contributed by atoms with E-state index in [9.17, 15) is 4.79 Å². The zero-order valence-electron chi connectivity index (χ0n) is 17.1. The lowest BCUT2D eigenvalue weighted by Crippen LogP contribution is -2.37. The number of carbonyl (C=O) groups is 1.